The van der Waals surface area contributed by atoms with E-state index in [1.54, 1.807) is 0 Å². The molecule has 1 aromatic heterocycles. The highest BCUT2D eigenvalue weighted by Crippen LogP contribution is 2.37. The summed E-state index contributed by atoms with van der Waals surface area (Å²) < 4.78 is 1.94. The molecule has 5 rings (SSSR count). The van der Waals surface area contributed by atoms with Crippen molar-refractivity contribution in [2.75, 3.05) is 11.4 Å². The van der Waals surface area contributed by atoms with Crippen molar-refractivity contribution in [3.8, 4) is 0 Å². The van der Waals surface area contributed by atoms with Crippen LogP contribution < -0.4 is 4.90 Å². The van der Waals surface area contributed by atoms with Gasteiger partial charge in [0.1, 0.15) is 6.04 Å². The summed E-state index contributed by atoms with van der Waals surface area (Å²) in [4.78, 5) is 2.47. The van der Waals surface area contributed by atoms with E-state index in [2.05, 4.69) is 100 Å². The van der Waals surface area contributed by atoms with Gasteiger partial charge < -0.3 is 4.90 Å². The quantitative estimate of drug-likeness (QED) is 0.497. The second-order valence-electron chi connectivity index (χ2n) is 7.92. The maximum absolute atomic E-state index is 4.52. The van der Waals surface area contributed by atoms with Gasteiger partial charge in [-0.15, -0.1) is 5.10 Å². The Labute approximate surface area is 177 Å². The lowest BCUT2D eigenvalue weighted by Crippen LogP contribution is -2.36. The Balaban J connectivity index is 1.61. The van der Waals surface area contributed by atoms with Gasteiger partial charge in [-0.05, 0) is 52.9 Å². The highest BCUT2D eigenvalue weighted by molar-refractivity contribution is 5.58. The summed E-state index contributed by atoms with van der Waals surface area (Å²) >= 11 is 0. The fourth-order valence-electron chi connectivity index (χ4n) is 4.32. The molecule has 0 N–H and O–H groups in total. The maximum atomic E-state index is 4.52. The van der Waals surface area contributed by atoms with Gasteiger partial charge in [-0.1, -0.05) is 78.4 Å². The van der Waals surface area contributed by atoms with Gasteiger partial charge in [0.15, 0.2) is 5.82 Å². The predicted molar refractivity (Wildman–Crippen MR) is 118 cm³/mol. The molecule has 1 unspecified atom stereocenters. The largest absolute Gasteiger partial charge is 0.357 e. The average Bonchev–Trinajstić information content (AvgIpc) is 3.24. The number of fused-ring (bicyclic) bond motifs is 1. The monoisotopic (exact) mass is 395 g/mol. The van der Waals surface area contributed by atoms with Gasteiger partial charge in [0.2, 0.25) is 0 Å². The smallest absolute Gasteiger partial charge is 0.178 e. The fraction of sp³-hybridized carbons (Fsp3) is 0.240. The van der Waals surface area contributed by atoms with Crippen molar-refractivity contribution in [2.24, 2.45) is 0 Å². The van der Waals surface area contributed by atoms with Gasteiger partial charge in [0, 0.05) is 12.2 Å². The molecule has 0 radical (unpaired) electrons. The fourth-order valence-corrected chi connectivity index (χ4v) is 4.32. The summed E-state index contributed by atoms with van der Waals surface area (Å²) in [6.07, 6.45) is 2.24. The number of nitrogens with zero attached hydrogens (tertiary/aromatic N) is 5. The normalized spacial score (nSPS) is 14.4. The lowest BCUT2D eigenvalue weighted by molar-refractivity contribution is 0.557. The molecule has 1 aliphatic rings. The SMILES string of the molecule is Cc1ccc(C(c2nnnn2Cc2ccccc2)N2CCCc3ccccc32)cc1. The molecule has 30 heavy (non-hydrogen) atoms. The van der Waals surface area contributed by atoms with Gasteiger partial charge in [-0.25, -0.2) is 4.68 Å². The number of tetrazole rings is 1. The molecule has 0 saturated carbocycles. The third kappa shape index (κ3) is 3.59. The first-order chi connectivity index (χ1) is 14.8. The number of rotatable bonds is 5. The van der Waals surface area contributed by atoms with Crippen LogP contribution in [0.25, 0.3) is 0 Å². The van der Waals surface area contributed by atoms with Crippen LogP contribution in [0.2, 0.25) is 0 Å². The first kappa shape index (κ1) is 18.6. The Morgan fingerprint density at radius 3 is 2.50 bits per heavy atom. The van der Waals surface area contributed by atoms with E-state index in [9.17, 15) is 0 Å². The molecule has 0 fully saturated rings. The number of benzene rings is 3. The molecule has 3 aromatic carbocycles. The summed E-state index contributed by atoms with van der Waals surface area (Å²) in [5.41, 5.74) is 6.32. The molecule has 1 aliphatic heterocycles. The number of anilines is 1. The van der Waals surface area contributed by atoms with Gasteiger partial charge in [0.05, 0.1) is 6.54 Å². The van der Waals surface area contributed by atoms with Crippen LogP contribution >= 0.6 is 0 Å². The molecule has 1 atom stereocenters. The summed E-state index contributed by atoms with van der Waals surface area (Å²) in [5, 5.41) is 12.9. The van der Waals surface area contributed by atoms with E-state index in [4.69, 9.17) is 0 Å². The maximum Gasteiger partial charge on any atom is 0.178 e. The average molecular weight is 396 g/mol. The van der Waals surface area contributed by atoms with Crippen LogP contribution in [0.3, 0.4) is 0 Å². The third-order valence-corrected chi connectivity index (χ3v) is 5.83. The van der Waals surface area contributed by atoms with E-state index < -0.39 is 0 Å². The Morgan fingerprint density at radius 1 is 0.900 bits per heavy atom. The highest BCUT2D eigenvalue weighted by Gasteiger charge is 2.31. The molecule has 5 heteroatoms. The van der Waals surface area contributed by atoms with Crippen molar-refractivity contribution in [1.82, 2.24) is 20.2 Å². The van der Waals surface area contributed by atoms with Crippen molar-refractivity contribution >= 4 is 5.69 Å². The lowest BCUT2D eigenvalue weighted by Gasteiger charge is -2.37. The van der Waals surface area contributed by atoms with E-state index in [1.807, 2.05) is 10.7 Å². The van der Waals surface area contributed by atoms with Gasteiger partial charge >= 0.3 is 0 Å². The van der Waals surface area contributed by atoms with Crippen molar-refractivity contribution in [1.29, 1.82) is 0 Å². The van der Waals surface area contributed by atoms with Crippen molar-refractivity contribution < 1.29 is 0 Å². The van der Waals surface area contributed by atoms with Crippen molar-refractivity contribution in [3.05, 3.63) is 107 Å². The number of aryl methyl sites for hydroxylation is 2. The van der Waals surface area contributed by atoms with E-state index in [0.29, 0.717) is 6.54 Å². The van der Waals surface area contributed by atoms with Gasteiger partial charge in [-0.2, -0.15) is 0 Å². The topological polar surface area (TPSA) is 46.8 Å². The Hall–Kier alpha value is -3.47. The summed E-state index contributed by atoms with van der Waals surface area (Å²) in [5.74, 6) is 0.874. The molecule has 0 aliphatic carbocycles. The first-order valence-corrected chi connectivity index (χ1v) is 10.5. The number of hydrogen-bond acceptors (Lipinski definition) is 4. The van der Waals surface area contributed by atoms with Crippen LogP contribution in [0.4, 0.5) is 5.69 Å². The van der Waals surface area contributed by atoms with E-state index in [0.717, 1.165) is 25.2 Å². The number of aromatic nitrogens is 4. The minimum atomic E-state index is -0.0363. The lowest BCUT2D eigenvalue weighted by atomic mass is 9.96. The zero-order valence-corrected chi connectivity index (χ0v) is 17.1. The summed E-state index contributed by atoms with van der Waals surface area (Å²) in [7, 11) is 0. The molecule has 0 amide bonds. The molecular weight excluding hydrogens is 370 g/mol. The molecular formula is C25H25N5. The standard InChI is InChI=1S/C25H25N5/c1-19-13-15-22(16-14-19)24(29-17-7-11-21-10-5-6-12-23(21)29)25-26-27-28-30(25)18-20-8-3-2-4-9-20/h2-6,8-10,12-16,24H,7,11,17-18H2,1H3. The van der Waals surface area contributed by atoms with Crippen LogP contribution in [-0.4, -0.2) is 26.8 Å². The van der Waals surface area contributed by atoms with E-state index >= 15 is 0 Å². The van der Waals surface area contributed by atoms with Crippen LogP contribution in [0.15, 0.2) is 78.9 Å². The number of hydrogen-bond donors (Lipinski definition) is 0. The summed E-state index contributed by atoms with van der Waals surface area (Å²) in [6.45, 7) is 3.75. The minimum Gasteiger partial charge on any atom is -0.357 e. The molecule has 150 valence electrons. The predicted octanol–water partition coefficient (Wildman–Crippen LogP) is 4.57. The number of para-hydroxylation sites is 1. The second-order valence-corrected chi connectivity index (χ2v) is 7.92. The van der Waals surface area contributed by atoms with Crippen LogP contribution in [0.5, 0.6) is 0 Å². The molecule has 5 nitrogen and oxygen atoms in total. The van der Waals surface area contributed by atoms with E-state index in [1.165, 1.54) is 27.9 Å². The zero-order valence-electron chi connectivity index (χ0n) is 17.1. The van der Waals surface area contributed by atoms with Crippen LogP contribution in [0.1, 0.15) is 40.5 Å². The van der Waals surface area contributed by atoms with Crippen molar-refractivity contribution in [2.45, 2.75) is 32.4 Å². The van der Waals surface area contributed by atoms with Gasteiger partial charge in [0.25, 0.3) is 0 Å². The second kappa shape index (κ2) is 8.11. The molecule has 4 aromatic rings. The Morgan fingerprint density at radius 2 is 1.67 bits per heavy atom. The van der Waals surface area contributed by atoms with Crippen molar-refractivity contribution in [3.63, 3.8) is 0 Å². The molecule has 2 heterocycles. The summed E-state index contributed by atoms with van der Waals surface area (Å²) in [6, 6.07) is 27.8. The molecule has 0 spiro atoms. The molecule has 0 saturated heterocycles. The Bertz CT molecular complexity index is 1120. The van der Waals surface area contributed by atoms with Crippen LogP contribution in [0, 0.1) is 6.92 Å². The Kier molecular flexibility index (Phi) is 5.01. The third-order valence-electron chi connectivity index (χ3n) is 5.83. The van der Waals surface area contributed by atoms with E-state index in [-0.39, 0.29) is 6.04 Å². The zero-order chi connectivity index (χ0) is 20.3. The molecule has 0 bridgehead atoms. The van der Waals surface area contributed by atoms with Crippen LogP contribution in [-0.2, 0) is 13.0 Å². The first-order valence-electron chi connectivity index (χ1n) is 10.5. The minimum absolute atomic E-state index is 0.0363. The van der Waals surface area contributed by atoms with Gasteiger partial charge in [-0.3, -0.25) is 0 Å². The highest BCUT2D eigenvalue weighted by atomic mass is 15.5.